The van der Waals surface area contributed by atoms with Gasteiger partial charge in [0.05, 0.1) is 0 Å². The summed E-state index contributed by atoms with van der Waals surface area (Å²) in [4.78, 5) is 0. The Morgan fingerprint density at radius 2 is 1.35 bits per heavy atom. The average Bonchev–Trinajstić information content (AvgIpc) is 2.35. The lowest BCUT2D eigenvalue weighted by molar-refractivity contribution is 0.755. The van der Waals surface area contributed by atoms with E-state index in [1.165, 1.54) is 56.9 Å². The van der Waals surface area contributed by atoms with Crippen molar-refractivity contribution in [3.8, 4) is 0 Å². The van der Waals surface area contributed by atoms with Gasteiger partial charge in [0.15, 0.2) is 0 Å². The molecule has 1 rings (SSSR count). The van der Waals surface area contributed by atoms with E-state index in [-0.39, 0.29) is 0 Å². The van der Waals surface area contributed by atoms with Crippen LogP contribution in [0.1, 0.15) is 69.6 Å². The Morgan fingerprint density at radius 1 is 0.706 bits per heavy atom. The lowest BCUT2D eigenvalue weighted by Gasteiger charge is -2.11. The lowest BCUT2D eigenvalue weighted by atomic mass is 9.95. The third-order valence-corrected chi connectivity index (χ3v) is 3.41. The Balaban J connectivity index is 2.78. The molecule has 0 amide bonds. The minimum Gasteiger partial charge on any atom is -0.0654 e. The van der Waals surface area contributed by atoms with E-state index in [0.717, 1.165) is 0 Å². The van der Waals surface area contributed by atoms with Gasteiger partial charge in [-0.05, 0) is 48.8 Å². The molecule has 0 nitrogen and oxygen atoms in total. The van der Waals surface area contributed by atoms with E-state index in [4.69, 9.17) is 0 Å². The first-order valence-corrected chi connectivity index (χ1v) is 7.42. The summed E-state index contributed by atoms with van der Waals surface area (Å²) in [5, 5.41) is 0. The van der Waals surface area contributed by atoms with Crippen molar-refractivity contribution in [3.05, 3.63) is 34.9 Å². The molecule has 1 aromatic rings. The summed E-state index contributed by atoms with van der Waals surface area (Å²) >= 11 is 0. The number of unbranched alkanes of at least 4 members (excludes halogenated alkanes) is 2. The SMILES string of the molecule is CCCCc1ccc(CCC)cc1CCCC. The molecule has 0 saturated carbocycles. The Kier molecular flexibility index (Phi) is 7.00. The zero-order valence-corrected chi connectivity index (χ0v) is 11.9. The van der Waals surface area contributed by atoms with Gasteiger partial charge in [0, 0.05) is 0 Å². The number of hydrogen-bond donors (Lipinski definition) is 0. The van der Waals surface area contributed by atoms with Gasteiger partial charge in [-0.25, -0.2) is 0 Å². The van der Waals surface area contributed by atoms with E-state index in [1.54, 1.807) is 11.1 Å². The first-order valence-electron chi connectivity index (χ1n) is 7.42. The minimum atomic E-state index is 1.23. The van der Waals surface area contributed by atoms with E-state index >= 15 is 0 Å². The van der Waals surface area contributed by atoms with Gasteiger partial charge >= 0.3 is 0 Å². The van der Waals surface area contributed by atoms with E-state index in [2.05, 4.69) is 39.0 Å². The smallest absolute Gasteiger partial charge is 0.0276 e. The van der Waals surface area contributed by atoms with Gasteiger partial charge in [-0.15, -0.1) is 0 Å². The molecule has 0 N–H and O–H groups in total. The Bertz CT molecular complexity index is 312. The van der Waals surface area contributed by atoms with E-state index in [0.29, 0.717) is 0 Å². The molecule has 0 heterocycles. The van der Waals surface area contributed by atoms with Crippen LogP contribution in [0.3, 0.4) is 0 Å². The largest absolute Gasteiger partial charge is 0.0654 e. The van der Waals surface area contributed by atoms with Crippen LogP contribution in [0.2, 0.25) is 0 Å². The minimum absolute atomic E-state index is 1.23. The van der Waals surface area contributed by atoms with Crippen LogP contribution in [-0.4, -0.2) is 0 Å². The summed E-state index contributed by atoms with van der Waals surface area (Å²) in [6.07, 6.45) is 10.3. The third-order valence-electron chi connectivity index (χ3n) is 3.41. The topological polar surface area (TPSA) is 0 Å². The molecular weight excluding hydrogens is 204 g/mol. The second-order valence-electron chi connectivity index (χ2n) is 5.06. The average molecular weight is 232 g/mol. The highest BCUT2D eigenvalue weighted by Gasteiger charge is 2.03. The Hall–Kier alpha value is -0.780. The van der Waals surface area contributed by atoms with Gasteiger partial charge in [0.1, 0.15) is 0 Å². The number of rotatable bonds is 8. The van der Waals surface area contributed by atoms with Crippen LogP contribution >= 0.6 is 0 Å². The highest BCUT2D eigenvalue weighted by molar-refractivity contribution is 5.32. The number of aryl methyl sites for hydroxylation is 3. The van der Waals surface area contributed by atoms with E-state index in [1.807, 2.05) is 0 Å². The van der Waals surface area contributed by atoms with Gasteiger partial charge in [0.2, 0.25) is 0 Å². The second kappa shape index (κ2) is 8.33. The maximum atomic E-state index is 2.46. The van der Waals surface area contributed by atoms with Crippen molar-refractivity contribution in [1.29, 1.82) is 0 Å². The van der Waals surface area contributed by atoms with Crippen LogP contribution < -0.4 is 0 Å². The predicted molar refractivity (Wildman–Crippen MR) is 77.7 cm³/mol. The molecule has 0 atom stereocenters. The van der Waals surface area contributed by atoms with Gasteiger partial charge in [-0.1, -0.05) is 58.2 Å². The fourth-order valence-electron chi connectivity index (χ4n) is 2.33. The molecule has 0 aliphatic rings. The molecule has 0 radical (unpaired) electrons. The normalized spacial score (nSPS) is 10.8. The van der Waals surface area contributed by atoms with Gasteiger partial charge in [-0.3, -0.25) is 0 Å². The first kappa shape index (κ1) is 14.3. The fraction of sp³-hybridized carbons (Fsp3) is 0.647. The zero-order chi connectivity index (χ0) is 12.5. The van der Waals surface area contributed by atoms with Gasteiger partial charge in [0.25, 0.3) is 0 Å². The summed E-state index contributed by atoms with van der Waals surface area (Å²) in [5.74, 6) is 0. The van der Waals surface area contributed by atoms with Gasteiger partial charge in [-0.2, -0.15) is 0 Å². The standard InChI is InChI=1S/C17H28/c1-4-7-10-16-13-12-15(9-6-3)14-17(16)11-8-5-2/h12-14H,4-11H2,1-3H3. The Morgan fingerprint density at radius 3 is 1.94 bits per heavy atom. The van der Waals surface area contributed by atoms with Gasteiger partial charge < -0.3 is 0 Å². The van der Waals surface area contributed by atoms with Crippen molar-refractivity contribution in [3.63, 3.8) is 0 Å². The number of benzene rings is 1. The number of hydrogen-bond acceptors (Lipinski definition) is 0. The molecule has 0 bridgehead atoms. The summed E-state index contributed by atoms with van der Waals surface area (Å²) < 4.78 is 0. The molecule has 0 aliphatic heterocycles. The summed E-state index contributed by atoms with van der Waals surface area (Å²) in [5.41, 5.74) is 4.74. The van der Waals surface area contributed by atoms with Crippen molar-refractivity contribution < 1.29 is 0 Å². The van der Waals surface area contributed by atoms with Crippen LogP contribution in [0.25, 0.3) is 0 Å². The molecule has 0 saturated heterocycles. The van der Waals surface area contributed by atoms with Crippen LogP contribution in [0.15, 0.2) is 18.2 Å². The van der Waals surface area contributed by atoms with Crippen LogP contribution in [0.4, 0.5) is 0 Å². The molecule has 0 fully saturated rings. The first-order chi connectivity index (χ1) is 8.31. The monoisotopic (exact) mass is 232 g/mol. The molecule has 96 valence electrons. The van der Waals surface area contributed by atoms with Crippen molar-refractivity contribution in [2.45, 2.75) is 72.1 Å². The summed E-state index contributed by atoms with van der Waals surface area (Å²) in [6, 6.07) is 7.18. The molecule has 0 heteroatoms. The third kappa shape index (κ3) is 4.93. The van der Waals surface area contributed by atoms with Crippen molar-refractivity contribution in [2.24, 2.45) is 0 Å². The molecular formula is C17H28. The molecule has 0 aromatic heterocycles. The molecule has 0 aliphatic carbocycles. The van der Waals surface area contributed by atoms with Crippen LogP contribution in [0, 0.1) is 0 Å². The molecule has 1 aromatic carbocycles. The lowest BCUT2D eigenvalue weighted by Crippen LogP contribution is -1.97. The van der Waals surface area contributed by atoms with E-state index < -0.39 is 0 Å². The van der Waals surface area contributed by atoms with Crippen molar-refractivity contribution >= 4 is 0 Å². The fourth-order valence-corrected chi connectivity index (χ4v) is 2.33. The summed E-state index contributed by atoms with van der Waals surface area (Å²) in [6.45, 7) is 6.81. The zero-order valence-electron chi connectivity index (χ0n) is 11.9. The van der Waals surface area contributed by atoms with Crippen molar-refractivity contribution in [1.82, 2.24) is 0 Å². The van der Waals surface area contributed by atoms with Crippen LogP contribution in [0.5, 0.6) is 0 Å². The molecule has 17 heavy (non-hydrogen) atoms. The molecule has 0 unspecified atom stereocenters. The van der Waals surface area contributed by atoms with Crippen molar-refractivity contribution in [2.75, 3.05) is 0 Å². The Labute approximate surface area is 107 Å². The highest BCUT2D eigenvalue weighted by atomic mass is 14.1. The molecule has 0 spiro atoms. The maximum absolute atomic E-state index is 2.46. The predicted octanol–water partition coefficient (Wildman–Crippen LogP) is 5.32. The van der Waals surface area contributed by atoms with Crippen LogP contribution in [-0.2, 0) is 19.3 Å². The summed E-state index contributed by atoms with van der Waals surface area (Å²) in [7, 11) is 0. The maximum Gasteiger partial charge on any atom is -0.0276 e. The highest BCUT2D eigenvalue weighted by Crippen LogP contribution is 2.18. The second-order valence-corrected chi connectivity index (χ2v) is 5.06. The van der Waals surface area contributed by atoms with E-state index in [9.17, 15) is 0 Å². The quantitative estimate of drug-likeness (QED) is 0.568.